The summed E-state index contributed by atoms with van der Waals surface area (Å²) in [5.74, 6) is 0.589. The van der Waals surface area contributed by atoms with Gasteiger partial charge in [-0.15, -0.1) is 0 Å². The van der Waals surface area contributed by atoms with Crippen molar-refractivity contribution in [2.24, 2.45) is 0 Å². The van der Waals surface area contributed by atoms with Crippen molar-refractivity contribution in [3.63, 3.8) is 0 Å². The number of hydrogen-bond donors (Lipinski definition) is 0. The van der Waals surface area contributed by atoms with Gasteiger partial charge in [-0.1, -0.05) is 0 Å². The molecule has 3 heteroatoms. The highest BCUT2D eigenvalue weighted by atomic mass is 16.5. The van der Waals surface area contributed by atoms with E-state index in [0.29, 0.717) is 23.5 Å². The minimum absolute atomic E-state index is 0.546. The standard InChI is InChI=1S/C8H10NO2/c1-2-6-11-8-4-3-5-9(10)7-8/h3-5,7H,1-2,6H2. The van der Waals surface area contributed by atoms with Crippen LogP contribution in [0.25, 0.3) is 0 Å². The molecule has 0 atom stereocenters. The van der Waals surface area contributed by atoms with Gasteiger partial charge >= 0.3 is 0 Å². The van der Waals surface area contributed by atoms with Crippen molar-refractivity contribution >= 4 is 0 Å². The van der Waals surface area contributed by atoms with Gasteiger partial charge in [0.05, 0.1) is 6.61 Å². The molecule has 0 spiro atoms. The van der Waals surface area contributed by atoms with Crippen molar-refractivity contribution in [2.45, 2.75) is 6.42 Å². The first-order valence-corrected chi connectivity index (χ1v) is 3.44. The number of pyridine rings is 1. The van der Waals surface area contributed by atoms with Gasteiger partial charge in [0.1, 0.15) is 0 Å². The maximum absolute atomic E-state index is 10.7. The van der Waals surface area contributed by atoms with E-state index in [-0.39, 0.29) is 0 Å². The van der Waals surface area contributed by atoms with E-state index in [1.54, 1.807) is 12.1 Å². The number of ether oxygens (including phenoxy) is 1. The summed E-state index contributed by atoms with van der Waals surface area (Å²) in [6, 6.07) is 3.38. The van der Waals surface area contributed by atoms with Crippen LogP contribution in [0.4, 0.5) is 0 Å². The van der Waals surface area contributed by atoms with E-state index < -0.39 is 0 Å². The first-order valence-electron chi connectivity index (χ1n) is 3.44. The fourth-order valence-electron chi connectivity index (χ4n) is 0.710. The average Bonchev–Trinajstić information content (AvgIpc) is 2.01. The Bertz CT molecular complexity index is 225. The maximum Gasteiger partial charge on any atom is 0.222 e. The topological polar surface area (TPSA) is 36.2 Å². The minimum Gasteiger partial charge on any atom is -0.619 e. The third-order valence-corrected chi connectivity index (χ3v) is 1.16. The quantitative estimate of drug-likeness (QED) is 0.477. The molecular formula is C8H10NO2. The molecule has 0 aliphatic rings. The van der Waals surface area contributed by atoms with Gasteiger partial charge < -0.3 is 9.94 Å². The van der Waals surface area contributed by atoms with Crippen LogP contribution in [0.3, 0.4) is 0 Å². The molecule has 1 aromatic heterocycles. The Morgan fingerprint density at radius 3 is 3.09 bits per heavy atom. The molecule has 0 aliphatic heterocycles. The van der Waals surface area contributed by atoms with Crippen molar-refractivity contribution < 1.29 is 9.47 Å². The fraction of sp³-hybridized carbons (Fsp3) is 0.250. The Hall–Kier alpha value is -1.25. The highest BCUT2D eigenvalue weighted by Crippen LogP contribution is 2.04. The lowest BCUT2D eigenvalue weighted by molar-refractivity contribution is -0.605. The second kappa shape index (κ2) is 3.81. The van der Waals surface area contributed by atoms with Gasteiger partial charge in [0.2, 0.25) is 6.20 Å². The highest BCUT2D eigenvalue weighted by Gasteiger charge is 1.95. The summed E-state index contributed by atoms with van der Waals surface area (Å²) < 4.78 is 5.86. The molecule has 1 heterocycles. The summed E-state index contributed by atoms with van der Waals surface area (Å²) in [5.41, 5.74) is 0. The summed E-state index contributed by atoms with van der Waals surface area (Å²) in [5, 5.41) is 10.7. The van der Waals surface area contributed by atoms with E-state index >= 15 is 0 Å². The van der Waals surface area contributed by atoms with Crippen LogP contribution in [0, 0.1) is 12.1 Å². The van der Waals surface area contributed by atoms with Gasteiger partial charge in [-0.05, 0) is 19.4 Å². The lowest BCUT2D eigenvalue weighted by Crippen LogP contribution is -2.24. The van der Waals surface area contributed by atoms with Crippen LogP contribution in [0.15, 0.2) is 24.5 Å². The summed E-state index contributed by atoms with van der Waals surface area (Å²) >= 11 is 0. The van der Waals surface area contributed by atoms with Crippen LogP contribution in [0.2, 0.25) is 0 Å². The van der Waals surface area contributed by atoms with Gasteiger partial charge in [0, 0.05) is 6.07 Å². The highest BCUT2D eigenvalue weighted by molar-refractivity contribution is 5.12. The molecular weight excluding hydrogens is 142 g/mol. The van der Waals surface area contributed by atoms with E-state index in [9.17, 15) is 5.21 Å². The number of aromatic nitrogens is 1. The van der Waals surface area contributed by atoms with E-state index in [4.69, 9.17) is 4.74 Å². The molecule has 1 rings (SSSR count). The lowest BCUT2D eigenvalue weighted by atomic mass is 10.4. The largest absolute Gasteiger partial charge is 0.619 e. The Morgan fingerprint density at radius 1 is 1.64 bits per heavy atom. The van der Waals surface area contributed by atoms with Crippen molar-refractivity contribution in [1.82, 2.24) is 0 Å². The Morgan fingerprint density at radius 2 is 2.45 bits per heavy atom. The molecule has 11 heavy (non-hydrogen) atoms. The summed E-state index contributed by atoms with van der Waals surface area (Å²) in [6.45, 7) is 4.16. The Labute approximate surface area is 65.8 Å². The molecule has 3 nitrogen and oxygen atoms in total. The van der Waals surface area contributed by atoms with Gasteiger partial charge in [-0.3, -0.25) is 0 Å². The molecule has 1 radical (unpaired) electrons. The number of nitrogens with zero attached hydrogens (tertiary/aromatic N) is 1. The summed E-state index contributed by atoms with van der Waals surface area (Å²) in [7, 11) is 0. The van der Waals surface area contributed by atoms with E-state index in [1.165, 1.54) is 12.4 Å². The molecule has 0 aliphatic carbocycles. The first kappa shape index (κ1) is 7.85. The van der Waals surface area contributed by atoms with Crippen molar-refractivity contribution in [3.8, 4) is 5.75 Å². The number of hydrogen-bond acceptors (Lipinski definition) is 2. The molecule has 0 fully saturated rings. The van der Waals surface area contributed by atoms with Gasteiger partial charge in [-0.2, -0.15) is 4.73 Å². The smallest absolute Gasteiger partial charge is 0.222 e. The third-order valence-electron chi connectivity index (χ3n) is 1.16. The summed E-state index contributed by atoms with van der Waals surface area (Å²) in [4.78, 5) is 0. The zero-order valence-corrected chi connectivity index (χ0v) is 6.19. The lowest BCUT2D eigenvalue weighted by Gasteiger charge is -2.02. The molecule has 0 aromatic carbocycles. The molecule has 1 aromatic rings. The number of rotatable bonds is 3. The molecule has 0 N–H and O–H groups in total. The third kappa shape index (κ3) is 2.45. The van der Waals surface area contributed by atoms with Gasteiger partial charge in [-0.25, -0.2) is 0 Å². The van der Waals surface area contributed by atoms with E-state index in [0.717, 1.165) is 0 Å². The minimum atomic E-state index is 0.546. The Kier molecular flexibility index (Phi) is 2.72. The molecule has 0 unspecified atom stereocenters. The van der Waals surface area contributed by atoms with Crippen LogP contribution in [0.5, 0.6) is 5.75 Å². The van der Waals surface area contributed by atoms with Crippen LogP contribution in [-0.4, -0.2) is 6.61 Å². The second-order valence-electron chi connectivity index (χ2n) is 2.10. The monoisotopic (exact) mass is 152 g/mol. The second-order valence-corrected chi connectivity index (χ2v) is 2.10. The Balaban J connectivity index is 2.56. The maximum atomic E-state index is 10.7. The van der Waals surface area contributed by atoms with Crippen LogP contribution in [-0.2, 0) is 0 Å². The van der Waals surface area contributed by atoms with E-state index in [2.05, 4.69) is 6.92 Å². The van der Waals surface area contributed by atoms with Crippen LogP contribution < -0.4 is 9.47 Å². The van der Waals surface area contributed by atoms with Crippen molar-refractivity contribution in [3.05, 3.63) is 36.7 Å². The molecule has 0 bridgehead atoms. The van der Waals surface area contributed by atoms with E-state index in [1.807, 2.05) is 0 Å². The zero-order chi connectivity index (χ0) is 8.10. The molecule has 0 saturated carbocycles. The zero-order valence-electron chi connectivity index (χ0n) is 6.19. The van der Waals surface area contributed by atoms with Crippen molar-refractivity contribution in [2.75, 3.05) is 6.61 Å². The summed E-state index contributed by atoms with van der Waals surface area (Å²) in [6.07, 6.45) is 3.50. The predicted molar refractivity (Wildman–Crippen MR) is 40.9 cm³/mol. The van der Waals surface area contributed by atoms with Crippen LogP contribution in [0.1, 0.15) is 6.42 Å². The first-order chi connectivity index (χ1) is 5.33. The van der Waals surface area contributed by atoms with Crippen LogP contribution >= 0.6 is 0 Å². The average molecular weight is 152 g/mol. The molecule has 0 saturated heterocycles. The SMILES string of the molecule is [CH2]CCOc1ccc[n+]([O-])c1. The van der Waals surface area contributed by atoms with Gasteiger partial charge in [0.15, 0.2) is 11.9 Å². The van der Waals surface area contributed by atoms with Crippen molar-refractivity contribution in [1.29, 1.82) is 0 Å². The van der Waals surface area contributed by atoms with Gasteiger partial charge in [0.25, 0.3) is 0 Å². The predicted octanol–water partition coefficient (Wildman–Crippen LogP) is 0.923. The molecule has 0 amide bonds. The fourth-order valence-corrected chi connectivity index (χ4v) is 0.710. The normalized spacial score (nSPS) is 9.55. The molecule has 59 valence electrons.